The van der Waals surface area contributed by atoms with Crippen molar-refractivity contribution in [3.63, 3.8) is 0 Å². The van der Waals surface area contributed by atoms with Crippen molar-refractivity contribution in [1.82, 2.24) is 15.4 Å². The molecule has 2 unspecified atom stereocenters. The molecule has 262 valence electrons. The lowest BCUT2D eigenvalue weighted by Crippen LogP contribution is -2.54. The number of carbonyl (C=O) groups is 2. The van der Waals surface area contributed by atoms with E-state index in [1.165, 1.54) is 4.90 Å². The zero-order valence-electron chi connectivity index (χ0n) is 30.3. The van der Waals surface area contributed by atoms with Gasteiger partial charge in [-0.1, -0.05) is 146 Å². The lowest BCUT2D eigenvalue weighted by molar-refractivity contribution is -0.162. The summed E-state index contributed by atoms with van der Waals surface area (Å²) in [4.78, 5) is 26.3. The minimum Gasteiger partial charge on any atom is -0.458 e. The Morgan fingerprint density at radius 3 is 2.10 bits per heavy atom. The molecule has 2 heterocycles. The molecule has 1 saturated heterocycles. The molecule has 0 spiro atoms. The lowest BCUT2D eigenvalue weighted by Gasteiger charge is -2.49. The van der Waals surface area contributed by atoms with Gasteiger partial charge in [0.05, 0.1) is 5.41 Å². The first-order chi connectivity index (χ1) is 24.5. The van der Waals surface area contributed by atoms with Crippen molar-refractivity contribution in [1.29, 1.82) is 0 Å². The summed E-state index contributed by atoms with van der Waals surface area (Å²) >= 11 is 0. The summed E-state index contributed by atoms with van der Waals surface area (Å²) in [6.45, 7) is 11.8. The number of ether oxygens (including phenoxy) is 1. The molecule has 0 saturated carbocycles. The van der Waals surface area contributed by atoms with E-state index in [1.54, 1.807) is 6.92 Å². The molecule has 0 aromatic heterocycles. The van der Waals surface area contributed by atoms with E-state index in [9.17, 15) is 9.59 Å². The number of benzene rings is 4. The van der Waals surface area contributed by atoms with Gasteiger partial charge in [0, 0.05) is 12.1 Å². The Kier molecular flexibility index (Phi) is 9.82. The fourth-order valence-corrected chi connectivity index (χ4v) is 7.47. The third kappa shape index (κ3) is 6.18. The minimum absolute atomic E-state index is 0.269. The van der Waals surface area contributed by atoms with Gasteiger partial charge in [0.2, 0.25) is 6.41 Å². The van der Waals surface area contributed by atoms with Crippen LogP contribution in [0.3, 0.4) is 0 Å². The van der Waals surface area contributed by atoms with Gasteiger partial charge in [0.15, 0.2) is 5.66 Å². The largest absolute Gasteiger partial charge is 0.458 e. The van der Waals surface area contributed by atoms with Crippen molar-refractivity contribution in [2.24, 2.45) is 15.8 Å². The van der Waals surface area contributed by atoms with E-state index >= 15 is 0 Å². The second-order valence-corrected chi connectivity index (χ2v) is 14.4. The molecule has 1 N–H and O–H groups in total. The number of esters is 1. The third-order valence-electron chi connectivity index (χ3n) is 10.00. The monoisotopic (exact) mass is 681 g/mol. The fraction of sp³-hybridized carbons (Fsp3) is 0.302. The van der Waals surface area contributed by atoms with Gasteiger partial charge in [-0.15, -0.1) is 5.11 Å². The maximum Gasteiger partial charge on any atom is 0.329 e. The second-order valence-electron chi connectivity index (χ2n) is 14.4. The van der Waals surface area contributed by atoms with Gasteiger partial charge in [-0.05, 0) is 68.9 Å². The van der Waals surface area contributed by atoms with Gasteiger partial charge in [0.25, 0.3) is 0 Å². The zero-order chi connectivity index (χ0) is 36.3. The number of rotatable bonds is 12. The Hall–Kier alpha value is -5.34. The molecular weight excluding hydrogens is 635 g/mol. The maximum absolute atomic E-state index is 12.7. The van der Waals surface area contributed by atoms with E-state index in [0.717, 1.165) is 39.8 Å². The number of allylic oxidation sites excluding steroid dienone is 3. The van der Waals surface area contributed by atoms with Crippen molar-refractivity contribution in [2.75, 3.05) is 0 Å². The van der Waals surface area contributed by atoms with E-state index < -0.39 is 34.2 Å². The molecular formula is C43H47N5O3. The van der Waals surface area contributed by atoms with E-state index in [0.29, 0.717) is 6.41 Å². The summed E-state index contributed by atoms with van der Waals surface area (Å²) in [5, 5.41) is 11.9. The molecule has 2 bridgehead atoms. The molecule has 6 rings (SSSR count). The summed E-state index contributed by atoms with van der Waals surface area (Å²) in [6, 6.07) is 36.8. The van der Waals surface area contributed by atoms with Crippen LogP contribution >= 0.6 is 0 Å². The molecule has 8 nitrogen and oxygen atoms in total. The second kappa shape index (κ2) is 14.1. The highest BCUT2D eigenvalue weighted by atomic mass is 16.6. The number of carbonyl (C=O) groups excluding carboxylic acids is 2. The minimum atomic E-state index is -0.984. The van der Waals surface area contributed by atoms with Gasteiger partial charge in [-0.25, -0.2) is 4.79 Å². The summed E-state index contributed by atoms with van der Waals surface area (Å²) < 4.78 is 5.53. The van der Waals surface area contributed by atoms with E-state index in [1.807, 2.05) is 62.3 Å². The first-order valence-electron chi connectivity index (χ1n) is 17.6. The standard InChI is InChI=1S/C43H47N5O3/c1-7-8-9-18-29-41(6)42(35-19-12-10-13-20-35,36-21-14-11-15-22-36)48-45-43(41,44-46-48)38-24-17-16-23-37(38)34-27-25-33(26-28-34)30-47(31-49)32(2)39(50)51-40(3,4)5/h8-29,31-32,45H,7,30H2,1-6H3/b9-8-,29-18-/t32-,41?,43?/m0/s1. The highest BCUT2D eigenvalue weighted by Gasteiger charge is 2.74. The molecule has 0 radical (unpaired) electrons. The smallest absolute Gasteiger partial charge is 0.329 e. The van der Waals surface area contributed by atoms with Gasteiger partial charge in [-0.2, -0.15) is 10.5 Å². The number of nitrogens with zero attached hydrogens (tertiary/aromatic N) is 4. The van der Waals surface area contributed by atoms with Crippen molar-refractivity contribution >= 4 is 12.4 Å². The molecule has 2 aliphatic rings. The van der Waals surface area contributed by atoms with Gasteiger partial charge >= 0.3 is 5.97 Å². The number of amides is 1. The average molecular weight is 682 g/mol. The van der Waals surface area contributed by atoms with Crippen molar-refractivity contribution in [3.05, 3.63) is 156 Å². The van der Waals surface area contributed by atoms with Crippen LogP contribution in [0.25, 0.3) is 11.1 Å². The zero-order valence-corrected chi connectivity index (χ0v) is 30.3. The molecule has 1 amide bonds. The predicted octanol–water partition coefficient (Wildman–Crippen LogP) is 8.87. The fourth-order valence-electron chi connectivity index (χ4n) is 7.47. The summed E-state index contributed by atoms with van der Waals surface area (Å²) in [7, 11) is 0. The molecule has 3 atom stereocenters. The van der Waals surface area contributed by atoms with Crippen LogP contribution in [-0.2, 0) is 32.1 Å². The summed E-state index contributed by atoms with van der Waals surface area (Å²) in [5.74, 6) is -0.437. The van der Waals surface area contributed by atoms with E-state index in [2.05, 4.69) is 116 Å². The molecule has 4 aromatic carbocycles. The molecule has 8 heteroatoms. The van der Waals surface area contributed by atoms with Crippen LogP contribution in [0, 0.1) is 5.41 Å². The molecule has 0 aliphatic carbocycles. The van der Waals surface area contributed by atoms with E-state index in [4.69, 9.17) is 15.1 Å². The predicted molar refractivity (Wildman–Crippen MR) is 201 cm³/mol. The first kappa shape index (κ1) is 35.5. The topological polar surface area (TPSA) is 86.6 Å². The Bertz CT molecular complexity index is 1890. The highest BCUT2D eigenvalue weighted by molar-refractivity contribution is 5.78. The van der Waals surface area contributed by atoms with Crippen LogP contribution in [-0.4, -0.2) is 34.0 Å². The SMILES string of the molecule is CC/C=C\C=C/C1(C)C2(c3ccccc3-c3ccc(CN(C=O)[C@@H](C)C(=O)OC(C)(C)C)cc3)N=NN(N2)C1(c1ccccc1)c1ccccc1. The van der Waals surface area contributed by atoms with Crippen LogP contribution in [0.15, 0.2) is 144 Å². The Labute approximate surface area is 301 Å². The Balaban J connectivity index is 1.44. The van der Waals surface area contributed by atoms with Crippen molar-refractivity contribution in [3.8, 4) is 11.1 Å². The normalized spacial score (nSPS) is 21.3. The van der Waals surface area contributed by atoms with Gasteiger partial charge in [0.1, 0.15) is 17.2 Å². The van der Waals surface area contributed by atoms with Gasteiger partial charge in [-0.3, -0.25) is 4.79 Å². The summed E-state index contributed by atoms with van der Waals surface area (Å²) in [5.41, 5.74) is 6.80. The number of fused-ring (bicyclic) bond motifs is 2. The van der Waals surface area contributed by atoms with Crippen LogP contribution in [0.2, 0.25) is 0 Å². The highest BCUT2D eigenvalue weighted by Crippen LogP contribution is 2.67. The molecule has 4 aromatic rings. The summed E-state index contributed by atoms with van der Waals surface area (Å²) in [6.07, 6.45) is 10.3. The molecule has 2 aliphatic heterocycles. The molecule has 51 heavy (non-hydrogen) atoms. The van der Waals surface area contributed by atoms with Crippen LogP contribution in [0.4, 0.5) is 0 Å². The van der Waals surface area contributed by atoms with Gasteiger partial charge < -0.3 is 9.64 Å². The maximum atomic E-state index is 12.7. The number of hydrogen-bond acceptors (Lipinski definition) is 7. The van der Waals surface area contributed by atoms with Crippen LogP contribution in [0.1, 0.15) is 70.2 Å². The first-order valence-corrected chi connectivity index (χ1v) is 17.6. The Morgan fingerprint density at radius 2 is 1.51 bits per heavy atom. The third-order valence-corrected chi connectivity index (χ3v) is 10.00. The van der Waals surface area contributed by atoms with Crippen molar-refractivity contribution < 1.29 is 14.3 Å². The lowest BCUT2D eigenvalue weighted by atomic mass is 9.57. The molecule has 1 fully saturated rings. The Morgan fingerprint density at radius 1 is 0.902 bits per heavy atom. The number of nitrogens with one attached hydrogen (secondary N) is 1. The van der Waals surface area contributed by atoms with E-state index in [-0.39, 0.29) is 6.54 Å². The number of hydrogen-bond donors (Lipinski definition) is 1. The van der Waals surface area contributed by atoms with Crippen LogP contribution < -0.4 is 5.43 Å². The average Bonchev–Trinajstić information content (AvgIpc) is 3.68. The van der Waals surface area contributed by atoms with Crippen molar-refractivity contribution in [2.45, 2.75) is 77.4 Å². The quantitative estimate of drug-likeness (QED) is 0.0917. The number of hydrazine groups is 1. The van der Waals surface area contributed by atoms with Crippen LogP contribution in [0.5, 0.6) is 0 Å².